The van der Waals surface area contributed by atoms with Crippen molar-refractivity contribution < 1.29 is 19.1 Å². The van der Waals surface area contributed by atoms with Crippen LogP contribution in [-0.4, -0.2) is 31.2 Å². The van der Waals surface area contributed by atoms with Gasteiger partial charge >= 0.3 is 11.9 Å². The molecule has 0 aromatic rings. The molecule has 5 nitrogen and oxygen atoms in total. The number of hydrogen-bond donors (Lipinski definition) is 1. The van der Waals surface area contributed by atoms with E-state index < -0.39 is 11.9 Å². The van der Waals surface area contributed by atoms with Gasteiger partial charge in [-0.1, -0.05) is 65.7 Å². The number of unbranched alkanes of at least 4 members (excludes halogenated alkanes) is 7. The summed E-state index contributed by atoms with van der Waals surface area (Å²) in [5, 5.41) is 0. The molecular formula is C20H37NO4. The second-order valence-corrected chi connectivity index (χ2v) is 7.25. The average molecular weight is 356 g/mol. The van der Waals surface area contributed by atoms with Crippen LogP contribution in [0.4, 0.5) is 0 Å². The maximum atomic E-state index is 11.7. The van der Waals surface area contributed by atoms with E-state index in [2.05, 4.69) is 6.92 Å². The van der Waals surface area contributed by atoms with Gasteiger partial charge in [0.2, 0.25) is 0 Å². The molecular weight excluding hydrogens is 318 g/mol. The molecule has 0 radical (unpaired) electrons. The summed E-state index contributed by atoms with van der Waals surface area (Å²) in [7, 11) is 0. The number of carbonyl (C=O) groups excluding carboxylic acids is 2. The van der Waals surface area contributed by atoms with Crippen LogP contribution in [0.25, 0.3) is 0 Å². The molecule has 0 aromatic carbocycles. The standard InChI is InChI=1S/C20H37NO4/c1-5-6-7-8-9-10-11-12-15-24-18(22)13-14-19(23)25-17(2)20(3,4)16-21/h13-14,17H,5-12,15-16,21H2,1-4H3/b14-13+. The molecule has 0 saturated carbocycles. The van der Waals surface area contributed by atoms with Crippen LogP contribution in [0.15, 0.2) is 12.2 Å². The summed E-state index contributed by atoms with van der Waals surface area (Å²) in [6.07, 6.45) is 11.4. The van der Waals surface area contributed by atoms with Gasteiger partial charge in [-0.2, -0.15) is 0 Å². The molecule has 0 heterocycles. The van der Waals surface area contributed by atoms with E-state index in [0.29, 0.717) is 13.2 Å². The molecule has 0 bridgehead atoms. The van der Waals surface area contributed by atoms with Crippen molar-refractivity contribution in [3.8, 4) is 0 Å². The largest absolute Gasteiger partial charge is 0.463 e. The highest BCUT2D eigenvalue weighted by atomic mass is 16.5. The van der Waals surface area contributed by atoms with Crippen LogP contribution in [0.3, 0.4) is 0 Å². The Morgan fingerprint density at radius 1 is 0.960 bits per heavy atom. The molecule has 1 atom stereocenters. The zero-order chi connectivity index (χ0) is 19.1. The normalized spacial score (nSPS) is 13.0. The maximum Gasteiger partial charge on any atom is 0.331 e. The lowest BCUT2D eigenvalue weighted by Crippen LogP contribution is -2.37. The van der Waals surface area contributed by atoms with Crippen LogP contribution in [0.1, 0.15) is 79.1 Å². The van der Waals surface area contributed by atoms with Crippen LogP contribution in [0.5, 0.6) is 0 Å². The first kappa shape index (κ1) is 23.6. The SMILES string of the molecule is CCCCCCCCCCOC(=O)/C=C/C(=O)OC(C)C(C)(C)CN. The molecule has 5 heteroatoms. The molecule has 0 fully saturated rings. The Hall–Kier alpha value is -1.36. The van der Waals surface area contributed by atoms with Crippen LogP contribution in [0, 0.1) is 5.41 Å². The van der Waals surface area contributed by atoms with Gasteiger partial charge in [0, 0.05) is 24.1 Å². The molecule has 2 N–H and O–H groups in total. The molecule has 0 rings (SSSR count). The minimum absolute atomic E-state index is 0.305. The van der Waals surface area contributed by atoms with Crippen molar-refractivity contribution in [2.45, 2.75) is 85.2 Å². The van der Waals surface area contributed by atoms with Crippen molar-refractivity contribution in [3.63, 3.8) is 0 Å². The lowest BCUT2D eigenvalue weighted by Gasteiger charge is -2.29. The van der Waals surface area contributed by atoms with E-state index >= 15 is 0 Å². The van der Waals surface area contributed by atoms with Gasteiger partial charge < -0.3 is 15.2 Å². The van der Waals surface area contributed by atoms with Crippen LogP contribution in [0.2, 0.25) is 0 Å². The van der Waals surface area contributed by atoms with E-state index in [-0.39, 0.29) is 11.5 Å². The fourth-order valence-corrected chi connectivity index (χ4v) is 2.13. The Morgan fingerprint density at radius 2 is 1.48 bits per heavy atom. The summed E-state index contributed by atoms with van der Waals surface area (Å²) < 4.78 is 10.3. The zero-order valence-electron chi connectivity index (χ0n) is 16.5. The Kier molecular flexibility index (Phi) is 13.1. The molecule has 0 aliphatic heterocycles. The number of carbonyl (C=O) groups is 2. The molecule has 1 unspecified atom stereocenters. The fraction of sp³-hybridized carbons (Fsp3) is 0.800. The molecule has 0 aromatic heterocycles. The number of hydrogen-bond acceptors (Lipinski definition) is 5. The average Bonchev–Trinajstić information content (AvgIpc) is 2.58. The third-order valence-electron chi connectivity index (χ3n) is 4.52. The van der Waals surface area contributed by atoms with Gasteiger partial charge in [0.05, 0.1) is 6.61 Å². The van der Waals surface area contributed by atoms with Crippen LogP contribution < -0.4 is 5.73 Å². The van der Waals surface area contributed by atoms with E-state index in [9.17, 15) is 9.59 Å². The molecule has 0 spiro atoms. The Balaban J connectivity index is 3.77. The smallest absolute Gasteiger partial charge is 0.331 e. The lowest BCUT2D eigenvalue weighted by atomic mass is 9.88. The quantitative estimate of drug-likeness (QED) is 0.288. The molecule has 0 saturated heterocycles. The van der Waals surface area contributed by atoms with Gasteiger partial charge in [0.15, 0.2) is 0 Å². The minimum Gasteiger partial charge on any atom is -0.463 e. The molecule has 0 aliphatic rings. The summed E-state index contributed by atoms with van der Waals surface area (Å²) in [5.41, 5.74) is 5.34. The van der Waals surface area contributed by atoms with Crippen molar-refractivity contribution in [1.29, 1.82) is 0 Å². The lowest BCUT2D eigenvalue weighted by molar-refractivity contribution is -0.148. The molecule has 25 heavy (non-hydrogen) atoms. The van der Waals surface area contributed by atoms with Crippen molar-refractivity contribution >= 4 is 11.9 Å². The van der Waals surface area contributed by atoms with E-state index in [1.54, 1.807) is 6.92 Å². The van der Waals surface area contributed by atoms with Crippen molar-refractivity contribution in [3.05, 3.63) is 12.2 Å². The summed E-state index contributed by atoms with van der Waals surface area (Å²) in [5.74, 6) is -1.07. The number of rotatable bonds is 14. The van der Waals surface area contributed by atoms with Crippen molar-refractivity contribution in [1.82, 2.24) is 0 Å². The predicted octanol–water partition coefficient (Wildman–Crippen LogP) is 4.14. The molecule has 0 amide bonds. The summed E-state index contributed by atoms with van der Waals surface area (Å²) in [4.78, 5) is 23.2. The zero-order valence-corrected chi connectivity index (χ0v) is 16.5. The Labute approximate surface area is 153 Å². The Bertz CT molecular complexity index is 405. The molecule has 146 valence electrons. The topological polar surface area (TPSA) is 78.6 Å². The number of esters is 2. The number of ether oxygens (including phenoxy) is 2. The van der Waals surface area contributed by atoms with Gasteiger partial charge in [-0.3, -0.25) is 0 Å². The first-order valence-electron chi connectivity index (χ1n) is 9.59. The van der Waals surface area contributed by atoms with E-state index in [1.807, 2.05) is 13.8 Å². The minimum atomic E-state index is -0.557. The van der Waals surface area contributed by atoms with E-state index in [0.717, 1.165) is 25.0 Å². The third-order valence-corrected chi connectivity index (χ3v) is 4.52. The third kappa shape index (κ3) is 12.6. The first-order chi connectivity index (χ1) is 11.8. The summed E-state index contributed by atoms with van der Waals surface area (Å²) in [6.45, 7) is 8.65. The second kappa shape index (κ2) is 13.9. The fourth-order valence-electron chi connectivity index (χ4n) is 2.13. The van der Waals surface area contributed by atoms with Crippen LogP contribution >= 0.6 is 0 Å². The second-order valence-electron chi connectivity index (χ2n) is 7.25. The Morgan fingerprint density at radius 3 is 2.04 bits per heavy atom. The highest BCUT2D eigenvalue weighted by molar-refractivity contribution is 5.91. The molecule has 0 aliphatic carbocycles. The van der Waals surface area contributed by atoms with Gasteiger partial charge in [-0.05, 0) is 13.3 Å². The van der Waals surface area contributed by atoms with E-state index in [4.69, 9.17) is 15.2 Å². The van der Waals surface area contributed by atoms with Gasteiger partial charge in [-0.25, -0.2) is 9.59 Å². The summed E-state index contributed by atoms with van der Waals surface area (Å²) in [6, 6.07) is 0. The predicted molar refractivity (Wildman–Crippen MR) is 101 cm³/mol. The highest BCUT2D eigenvalue weighted by Gasteiger charge is 2.26. The van der Waals surface area contributed by atoms with Gasteiger partial charge in [-0.15, -0.1) is 0 Å². The van der Waals surface area contributed by atoms with Gasteiger partial charge in [0.25, 0.3) is 0 Å². The highest BCUT2D eigenvalue weighted by Crippen LogP contribution is 2.21. The van der Waals surface area contributed by atoms with Crippen molar-refractivity contribution in [2.24, 2.45) is 11.1 Å². The monoisotopic (exact) mass is 355 g/mol. The van der Waals surface area contributed by atoms with Gasteiger partial charge in [0.1, 0.15) is 6.10 Å². The number of nitrogens with two attached hydrogens (primary N) is 1. The van der Waals surface area contributed by atoms with E-state index in [1.165, 1.54) is 38.5 Å². The summed E-state index contributed by atoms with van der Waals surface area (Å²) >= 11 is 0. The van der Waals surface area contributed by atoms with Crippen LogP contribution in [-0.2, 0) is 19.1 Å². The maximum absolute atomic E-state index is 11.7. The van der Waals surface area contributed by atoms with Crippen molar-refractivity contribution in [2.75, 3.05) is 13.2 Å². The first-order valence-corrected chi connectivity index (χ1v) is 9.59.